The Morgan fingerprint density at radius 1 is 1.75 bits per heavy atom. The maximum Gasteiger partial charge on any atom is 0.410 e. The van der Waals surface area contributed by atoms with Crippen LogP contribution in [-0.4, -0.2) is 24.6 Å². The van der Waals surface area contributed by atoms with Crippen molar-refractivity contribution in [1.29, 1.82) is 0 Å². The van der Waals surface area contributed by atoms with Crippen LogP contribution in [-0.2, 0) is 4.74 Å². The van der Waals surface area contributed by atoms with E-state index in [1.165, 1.54) is 4.90 Å². The van der Waals surface area contributed by atoms with Gasteiger partial charge in [0.1, 0.15) is 0 Å². The summed E-state index contributed by atoms with van der Waals surface area (Å²) < 4.78 is 4.68. The Morgan fingerprint density at radius 2 is 2.38 bits per heavy atom. The normalized spacial score (nSPS) is 21.8. The molecule has 0 N–H and O–H groups in total. The molecule has 8 heavy (non-hydrogen) atoms. The van der Waals surface area contributed by atoms with Crippen molar-refractivity contribution in [3.8, 4) is 0 Å². The van der Waals surface area contributed by atoms with E-state index in [2.05, 4.69) is 4.74 Å². The van der Waals surface area contributed by atoms with E-state index in [0.29, 0.717) is 6.54 Å². The minimum absolute atomic E-state index is 0.248. The molecule has 1 heterocycles. The van der Waals surface area contributed by atoms with Crippen LogP contribution in [0.5, 0.6) is 0 Å². The number of cyclic esters (lactones) is 1. The summed E-state index contributed by atoms with van der Waals surface area (Å²) in [6, 6.07) is 0. The monoisotopic (exact) mass is 114 g/mol. The summed E-state index contributed by atoms with van der Waals surface area (Å²) in [5, 5.41) is 0. The van der Waals surface area contributed by atoms with Crippen LogP contribution in [0.2, 0.25) is 0 Å². The molecule has 1 rings (SSSR count). The number of nitrogens with zero attached hydrogens (tertiary/aromatic N) is 1. The summed E-state index contributed by atoms with van der Waals surface area (Å²) in [5.74, 6) is 0. The lowest BCUT2D eigenvalue weighted by Gasteiger charge is -1.98. The standard InChI is InChI=1S/C5H8NO2/c1-4-3-6(2)5(7)8-4/h3H2,1-2H3. The van der Waals surface area contributed by atoms with Gasteiger partial charge in [-0.05, 0) is 6.92 Å². The van der Waals surface area contributed by atoms with Crippen molar-refractivity contribution in [2.75, 3.05) is 13.6 Å². The van der Waals surface area contributed by atoms with Gasteiger partial charge in [0.25, 0.3) is 0 Å². The number of rotatable bonds is 0. The SMILES string of the molecule is C[C]1CN(C)C(=O)O1. The Hall–Kier alpha value is -0.730. The maximum absolute atomic E-state index is 10.5. The summed E-state index contributed by atoms with van der Waals surface area (Å²) in [6.07, 6.45) is 0.528. The Balaban J connectivity index is 2.51. The Morgan fingerprint density at radius 3 is 2.50 bits per heavy atom. The quantitative estimate of drug-likeness (QED) is 0.462. The van der Waals surface area contributed by atoms with Crippen LogP contribution in [0.1, 0.15) is 6.92 Å². The second kappa shape index (κ2) is 1.65. The van der Waals surface area contributed by atoms with E-state index in [0.717, 1.165) is 6.10 Å². The number of ether oxygens (including phenoxy) is 1. The molecule has 0 aromatic carbocycles. The lowest BCUT2D eigenvalue weighted by molar-refractivity contribution is 0.165. The third kappa shape index (κ3) is 0.757. The summed E-state index contributed by atoms with van der Waals surface area (Å²) in [6.45, 7) is 2.43. The molecule has 0 aromatic rings. The fraction of sp³-hybridized carbons (Fsp3) is 0.600. The molecule has 1 amide bonds. The van der Waals surface area contributed by atoms with Gasteiger partial charge in [-0.2, -0.15) is 0 Å². The third-order valence-corrected chi connectivity index (χ3v) is 1.03. The van der Waals surface area contributed by atoms with Gasteiger partial charge in [0.15, 0.2) is 6.10 Å². The first kappa shape index (κ1) is 5.41. The molecule has 3 nitrogen and oxygen atoms in total. The number of amides is 1. The fourth-order valence-corrected chi connectivity index (χ4v) is 0.658. The average Bonchev–Trinajstić information content (AvgIpc) is 1.85. The summed E-state index contributed by atoms with van der Waals surface area (Å²) in [4.78, 5) is 12.0. The summed E-state index contributed by atoms with van der Waals surface area (Å²) in [5.41, 5.74) is 0. The molecule has 1 saturated heterocycles. The predicted molar refractivity (Wildman–Crippen MR) is 28.0 cm³/mol. The van der Waals surface area contributed by atoms with Gasteiger partial charge in [0, 0.05) is 7.05 Å². The second-order valence-electron chi connectivity index (χ2n) is 1.93. The molecule has 0 spiro atoms. The van der Waals surface area contributed by atoms with Gasteiger partial charge in [0.05, 0.1) is 6.54 Å². The van der Waals surface area contributed by atoms with E-state index in [-0.39, 0.29) is 6.09 Å². The highest BCUT2D eigenvalue weighted by atomic mass is 16.6. The van der Waals surface area contributed by atoms with E-state index in [1.54, 1.807) is 14.0 Å². The zero-order valence-corrected chi connectivity index (χ0v) is 4.97. The van der Waals surface area contributed by atoms with Gasteiger partial charge in [0.2, 0.25) is 0 Å². The Labute approximate surface area is 48.2 Å². The van der Waals surface area contributed by atoms with E-state index in [9.17, 15) is 4.79 Å². The largest absolute Gasteiger partial charge is 0.437 e. The smallest absolute Gasteiger partial charge is 0.410 e. The average molecular weight is 114 g/mol. The molecule has 0 unspecified atom stereocenters. The van der Waals surface area contributed by atoms with Gasteiger partial charge < -0.3 is 9.64 Å². The number of carbonyl (C=O) groups is 1. The van der Waals surface area contributed by atoms with Gasteiger partial charge in [-0.1, -0.05) is 0 Å². The van der Waals surface area contributed by atoms with Crippen LogP contribution in [0.15, 0.2) is 0 Å². The molecule has 1 fully saturated rings. The van der Waals surface area contributed by atoms with E-state index < -0.39 is 0 Å². The second-order valence-corrected chi connectivity index (χ2v) is 1.93. The molecular formula is C5H8NO2. The lowest BCUT2D eigenvalue weighted by Crippen LogP contribution is -2.17. The number of likely N-dealkylation sites (N-methyl/N-ethyl adjacent to an activating group) is 1. The topological polar surface area (TPSA) is 29.5 Å². The first-order valence-corrected chi connectivity index (χ1v) is 2.45. The molecule has 0 bridgehead atoms. The first-order valence-electron chi connectivity index (χ1n) is 2.45. The highest BCUT2D eigenvalue weighted by molar-refractivity contribution is 5.70. The fourth-order valence-electron chi connectivity index (χ4n) is 0.658. The van der Waals surface area contributed by atoms with E-state index in [4.69, 9.17) is 0 Å². The Bertz CT molecular complexity index is 113. The first-order chi connectivity index (χ1) is 3.70. The van der Waals surface area contributed by atoms with Crippen molar-refractivity contribution in [1.82, 2.24) is 4.90 Å². The predicted octanol–water partition coefficient (Wildman–Crippen LogP) is 0.620. The van der Waals surface area contributed by atoms with Crippen LogP contribution >= 0.6 is 0 Å². The molecule has 3 heteroatoms. The summed E-state index contributed by atoms with van der Waals surface area (Å²) in [7, 11) is 1.71. The van der Waals surface area contributed by atoms with Crippen LogP contribution in [0.4, 0.5) is 4.79 Å². The molecule has 0 atom stereocenters. The van der Waals surface area contributed by atoms with Crippen LogP contribution in [0.3, 0.4) is 0 Å². The van der Waals surface area contributed by atoms with Gasteiger partial charge in [-0.25, -0.2) is 4.79 Å². The molecular weight excluding hydrogens is 106 g/mol. The molecule has 0 saturated carbocycles. The van der Waals surface area contributed by atoms with Crippen molar-refractivity contribution in [3.05, 3.63) is 6.10 Å². The van der Waals surface area contributed by atoms with Crippen molar-refractivity contribution >= 4 is 6.09 Å². The van der Waals surface area contributed by atoms with Crippen LogP contribution < -0.4 is 0 Å². The molecule has 1 aliphatic rings. The Kier molecular flexibility index (Phi) is 1.12. The molecule has 45 valence electrons. The molecule has 1 aliphatic heterocycles. The third-order valence-electron chi connectivity index (χ3n) is 1.03. The maximum atomic E-state index is 10.5. The van der Waals surface area contributed by atoms with Crippen molar-refractivity contribution in [2.24, 2.45) is 0 Å². The highest BCUT2D eigenvalue weighted by Gasteiger charge is 2.24. The zero-order chi connectivity index (χ0) is 6.15. The van der Waals surface area contributed by atoms with Crippen molar-refractivity contribution in [2.45, 2.75) is 6.92 Å². The van der Waals surface area contributed by atoms with Gasteiger partial charge in [-0.15, -0.1) is 0 Å². The van der Waals surface area contributed by atoms with Crippen LogP contribution in [0.25, 0.3) is 0 Å². The number of carbonyl (C=O) groups excluding carboxylic acids is 1. The minimum Gasteiger partial charge on any atom is -0.437 e. The summed E-state index contributed by atoms with van der Waals surface area (Å²) >= 11 is 0. The van der Waals surface area contributed by atoms with E-state index >= 15 is 0 Å². The van der Waals surface area contributed by atoms with Crippen molar-refractivity contribution < 1.29 is 9.53 Å². The highest BCUT2D eigenvalue weighted by Crippen LogP contribution is 2.12. The lowest BCUT2D eigenvalue weighted by atomic mass is 10.4. The van der Waals surface area contributed by atoms with Crippen molar-refractivity contribution in [3.63, 3.8) is 0 Å². The number of hydrogen-bond acceptors (Lipinski definition) is 2. The zero-order valence-electron chi connectivity index (χ0n) is 4.97. The molecule has 0 aromatic heterocycles. The van der Waals surface area contributed by atoms with Gasteiger partial charge in [-0.3, -0.25) is 0 Å². The number of hydrogen-bond donors (Lipinski definition) is 0. The van der Waals surface area contributed by atoms with Gasteiger partial charge >= 0.3 is 6.09 Å². The molecule has 0 aliphatic carbocycles. The van der Waals surface area contributed by atoms with E-state index in [1.807, 2.05) is 0 Å². The molecule has 1 radical (unpaired) electrons. The van der Waals surface area contributed by atoms with Crippen LogP contribution in [0, 0.1) is 6.10 Å². The minimum atomic E-state index is -0.248.